The van der Waals surface area contributed by atoms with Gasteiger partial charge in [0.2, 0.25) is 5.91 Å². The Hall–Kier alpha value is -1.59. The van der Waals surface area contributed by atoms with E-state index < -0.39 is 5.54 Å². The monoisotopic (exact) mass is 380 g/mol. The van der Waals surface area contributed by atoms with Crippen molar-refractivity contribution in [1.82, 2.24) is 20.3 Å². The predicted molar refractivity (Wildman–Crippen MR) is 98.9 cm³/mol. The predicted octanol–water partition coefficient (Wildman–Crippen LogP) is 3.36. The van der Waals surface area contributed by atoms with Crippen molar-refractivity contribution in [2.24, 2.45) is 13.0 Å². The average molecular weight is 381 g/mol. The van der Waals surface area contributed by atoms with E-state index in [0.29, 0.717) is 22.9 Å². The summed E-state index contributed by atoms with van der Waals surface area (Å²) < 4.78 is 1.77. The number of rotatable bonds is 4. The Morgan fingerprint density at radius 2 is 2.16 bits per heavy atom. The lowest BCUT2D eigenvalue weighted by atomic mass is 9.87. The van der Waals surface area contributed by atoms with Gasteiger partial charge in [-0.15, -0.1) is 5.10 Å². The van der Waals surface area contributed by atoms with Crippen molar-refractivity contribution in [3.8, 4) is 0 Å². The normalized spacial score (nSPS) is 17.2. The molecule has 0 saturated heterocycles. The molecule has 134 valence electrons. The highest BCUT2D eigenvalue weighted by molar-refractivity contribution is 6.35. The third kappa shape index (κ3) is 4.15. The first-order chi connectivity index (χ1) is 11.7. The fourth-order valence-corrected chi connectivity index (χ4v) is 3.83. The summed E-state index contributed by atoms with van der Waals surface area (Å²) in [6, 6.07) is 5.46. The summed E-state index contributed by atoms with van der Waals surface area (Å²) in [4.78, 5) is 12.8. The second-order valence-corrected chi connectivity index (χ2v) is 8.18. The molecule has 1 atom stereocenters. The molecule has 1 heterocycles. The zero-order valence-corrected chi connectivity index (χ0v) is 16.2. The number of carbonyl (C=O) groups is 1. The number of hydrogen-bond donors (Lipinski definition) is 1. The number of halogens is 2. The molecule has 0 saturated carbocycles. The molecular formula is C18H22Cl2N4O. The molecule has 0 radical (unpaired) electrons. The van der Waals surface area contributed by atoms with Crippen LogP contribution in [0.5, 0.6) is 0 Å². The lowest BCUT2D eigenvalue weighted by Crippen LogP contribution is -2.48. The van der Waals surface area contributed by atoms with E-state index in [9.17, 15) is 4.79 Å². The first-order valence-electron chi connectivity index (χ1n) is 8.38. The van der Waals surface area contributed by atoms with Gasteiger partial charge in [0.1, 0.15) is 0 Å². The van der Waals surface area contributed by atoms with Gasteiger partial charge in [0.15, 0.2) is 0 Å². The summed E-state index contributed by atoms with van der Waals surface area (Å²) in [7, 11) is 1.87. The molecule has 7 heteroatoms. The standard InChI is InChI=1S/C18H22Cl2N4O/c1-18(2,10-12-4-6-13(19)9-14(12)20)21-17(25)11-5-7-15-16(8-11)24(3)23-22-15/h4,6,9,11H,5,7-8,10H2,1-3H3,(H,21,25). The molecule has 1 aromatic carbocycles. The topological polar surface area (TPSA) is 59.8 Å². The Bertz CT molecular complexity index is 800. The summed E-state index contributed by atoms with van der Waals surface area (Å²) in [5, 5.41) is 12.6. The quantitative estimate of drug-likeness (QED) is 0.884. The van der Waals surface area contributed by atoms with Crippen molar-refractivity contribution in [2.75, 3.05) is 0 Å². The van der Waals surface area contributed by atoms with Gasteiger partial charge >= 0.3 is 0 Å². The number of nitrogens with zero attached hydrogens (tertiary/aromatic N) is 3. The van der Waals surface area contributed by atoms with Crippen molar-refractivity contribution in [3.63, 3.8) is 0 Å². The molecular weight excluding hydrogens is 359 g/mol. The minimum atomic E-state index is -0.403. The largest absolute Gasteiger partial charge is 0.351 e. The number of amides is 1. The minimum Gasteiger partial charge on any atom is -0.351 e. The molecule has 0 bridgehead atoms. The van der Waals surface area contributed by atoms with Crippen LogP contribution in [0.2, 0.25) is 10.0 Å². The van der Waals surface area contributed by atoms with Crippen molar-refractivity contribution in [3.05, 3.63) is 45.2 Å². The Labute approximate surface area is 157 Å². The third-order valence-corrected chi connectivity index (χ3v) is 5.26. The highest BCUT2D eigenvalue weighted by atomic mass is 35.5. The Kier molecular flexibility index (Phi) is 5.07. The van der Waals surface area contributed by atoms with Crippen molar-refractivity contribution in [2.45, 2.75) is 45.1 Å². The number of nitrogens with one attached hydrogen (secondary N) is 1. The van der Waals surface area contributed by atoms with Crippen molar-refractivity contribution >= 4 is 29.1 Å². The van der Waals surface area contributed by atoms with Crippen LogP contribution >= 0.6 is 23.2 Å². The van der Waals surface area contributed by atoms with Crippen LogP contribution in [0, 0.1) is 5.92 Å². The molecule has 1 aliphatic rings. The Morgan fingerprint density at radius 1 is 1.40 bits per heavy atom. The summed E-state index contributed by atoms with van der Waals surface area (Å²) in [5.41, 5.74) is 2.64. The van der Waals surface area contributed by atoms with Gasteiger partial charge in [0.25, 0.3) is 0 Å². The molecule has 1 N–H and O–H groups in total. The number of benzene rings is 1. The molecule has 1 unspecified atom stereocenters. The molecule has 1 aromatic heterocycles. The van der Waals surface area contributed by atoms with E-state index in [1.807, 2.05) is 33.0 Å². The van der Waals surface area contributed by atoms with E-state index in [1.54, 1.807) is 10.7 Å². The van der Waals surface area contributed by atoms with E-state index in [4.69, 9.17) is 23.2 Å². The Balaban J connectivity index is 1.66. The van der Waals surface area contributed by atoms with E-state index in [0.717, 1.165) is 29.8 Å². The maximum atomic E-state index is 12.8. The first-order valence-corrected chi connectivity index (χ1v) is 9.14. The minimum absolute atomic E-state index is 0.0512. The second kappa shape index (κ2) is 6.96. The van der Waals surface area contributed by atoms with Gasteiger partial charge in [-0.25, -0.2) is 0 Å². The highest BCUT2D eigenvalue weighted by Crippen LogP contribution is 2.27. The molecule has 3 rings (SSSR count). The van der Waals surface area contributed by atoms with Gasteiger partial charge in [-0.05, 0) is 50.8 Å². The fourth-order valence-electron chi connectivity index (χ4n) is 3.35. The van der Waals surface area contributed by atoms with Crippen LogP contribution in [0.4, 0.5) is 0 Å². The van der Waals surface area contributed by atoms with Crippen molar-refractivity contribution in [1.29, 1.82) is 0 Å². The lowest BCUT2D eigenvalue weighted by molar-refractivity contribution is -0.127. The summed E-state index contributed by atoms with van der Waals surface area (Å²) >= 11 is 12.2. The molecule has 0 aliphatic heterocycles. The van der Waals surface area contributed by atoms with E-state index in [1.165, 1.54) is 0 Å². The maximum Gasteiger partial charge on any atom is 0.223 e. The number of aromatic nitrogens is 3. The summed E-state index contributed by atoms with van der Waals surface area (Å²) in [6.07, 6.45) is 2.92. The Morgan fingerprint density at radius 3 is 2.88 bits per heavy atom. The highest BCUT2D eigenvalue weighted by Gasteiger charge is 2.31. The van der Waals surface area contributed by atoms with Crippen LogP contribution < -0.4 is 5.32 Å². The van der Waals surface area contributed by atoms with Crippen LogP contribution in [0.3, 0.4) is 0 Å². The molecule has 2 aromatic rings. The molecule has 1 aliphatic carbocycles. The molecule has 1 amide bonds. The smallest absolute Gasteiger partial charge is 0.223 e. The van der Waals surface area contributed by atoms with Crippen LogP contribution in [0.15, 0.2) is 18.2 Å². The van der Waals surface area contributed by atoms with Crippen LogP contribution in [0.25, 0.3) is 0 Å². The van der Waals surface area contributed by atoms with Gasteiger partial charge in [-0.2, -0.15) is 0 Å². The lowest BCUT2D eigenvalue weighted by Gasteiger charge is -2.30. The SMILES string of the molecule is Cn1nnc2c1CC(C(=O)NC(C)(C)Cc1ccc(Cl)cc1Cl)CC2. The van der Waals surface area contributed by atoms with Gasteiger partial charge in [-0.3, -0.25) is 9.48 Å². The second-order valence-electron chi connectivity index (χ2n) is 7.33. The number of fused-ring (bicyclic) bond motifs is 1. The number of aryl methyl sites for hydroxylation is 2. The van der Waals surface area contributed by atoms with Gasteiger partial charge in [0, 0.05) is 35.0 Å². The molecule has 25 heavy (non-hydrogen) atoms. The molecule has 0 fully saturated rings. The number of carbonyl (C=O) groups excluding carboxylic acids is 1. The van der Waals surface area contributed by atoms with Crippen LogP contribution in [0.1, 0.15) is 37.2 Å². The summed E-state index contributed by atoms with van der Waals surface area (Å²) in [5.74, 6) is 0.0200. The van der Waals surface area contributed by atoms with Crippen molar-refractivity contribution < 1.29 is 4.79 Å². The zero-order chi connectivity index (χ0) is 18.2. The van der Waals surface area contributed by atoms with Gasteiger partial charge in [0.05, 0.1) is 11.4 Å². The van der Waals surface area contributed by atoms with E-state index >= 15 is 0 Å². The van der Waals surface area contributed by atoms with Crippen LogP contribution in [-0.4, -0.2) is 26.4 Å². The molecule has 5 nitrogen and oxygen atoms in total. The summed E-state index contributed by atoms with van der Waals surface area (Å²) in [6.45, 7) is 4.02. The fraction of sp³-hybridized carbons (Fsp3) is 0.500. The van der Waals surface area contributed by atoms with Gasteiger partial charge < -0.3 is 5.32 Å². The molecule has 0 spiro atoms. The van der Waals surface area contributed by atoms with Gasteiger partial charge in [-0.1, -0.05) is 34.5 Å². The third-order valence-electron chi connectivity index (χ3n) is 4.67. The average Bonchev–Trinajstić information content (AvgIpc) is 2.90. The number of hydrogen-bond acceptors (Lipinski definition) is 3. The first kappa shape index (κ1) is 18.2. The van der Waals surface area contributed by atoms with Crippen LogP contribution in [-0.2, 0) is 31.1 Å². The zero-order valence-electron chi connectivity index (χ0n) is 14.6. The van der Waals surface area contributed by atoms with E-state index in [2.05, 4.69) is 15.6 Å². The van der Waals surface area contributed by atoms with E-state index in [-0.39, 0.29) is 11.8 Å². The maximum absolute atomic E-state index is 12.8.